The summed E-state index contributed by atoms with van der Waals surface area (Å²) < 4.78 is 5.37. The molecule has 0 heterocycles. The predicted octanol–water partition coefficient (Wildman–Crippen LogP) is 3.15. The minimum Gasteiger partial charge on any atom is -0.495 e. The van der Waals surface area contributed by atoms with Crippen molar-refractivity contribution in [1.29, 1.82) is 0 Å². The second kappa shape index (κ2) is 5.07. The highest BCUT2D eigenvalue weighted by molar-refractivity contribution is 6.32. The molecule has 0 amide bonds. The lowest BCUT2D eigenvalue weighted by molar-refractivity contribution is 0.397. The normalized spacial score (nSPS) is 11.6. The van der Waals surface area contributed by atoms with Crippen LogP contribution in [0.3, 0.4) is 0 Å². The molecular weight excluding hydrogens is 222 g/mol. The molecule has 1 aromatic carbocycles. The summed E-state index contributed by atoms with van der Waals surface area (Å²) in [5.41, 5.74) is 7.87. The van der Waals surface area contributed by atoms with Gasteiger partial charge in [0.25, 0.3) is 0 Å². The van der Waals surface area contributed by atoms with Crippen molar-refractivity contribution < 1.29 is 4.74 Å². The molecule has 1 rings (SSSR count). The zero-order valence-corrected chi connectivity index (χ0v) is 11.2. The van der Waals surface area contributed by atoms with E-state index in [0.29, 0.717) is 11.6 Å². The number of hydrogen-bond acceptors (Lipinski definition) is 2. The number of nitrogens with two attached hydrogens (primary N) is 1. The lowest BCUT2D eigenvalue weighted by Gasteiger charge is -2.23. The van der Waals surface area contributed by atoms with Gasteiger partial charge in [0.05, 0.1) is 12.1 Å². The Morgan fingerprint density at radius 1 is 1.31 bits per heavy atom. The molecule has 1 aromatic rings. The first-order valence-electron chi connectivity index (χ1n) is 5.47. The van der Waals surface area contributed by atoms with Crippen LogP contribution in [0.2, 0.25) is 5.02 Å². The molecule has 0 saturated heterocycles. The molecule has 0 aromatic heterocycles. The molecule has 0 saturated carbocycles. The molecule has 0 aliphatic heterocycles. The number of benzene rings is 1. The van der Waals surface area contributed by atoms with Crippen molar-refractivity contribution in [3.8, 4) is 5.75 Å². The van der Waals surface area contributed by atoms with E-state index in [2.05, 4.69) is 26.8 Å². The maximum Gasteiger partial charge on any atom is 0.141 e. The largest absolute Gasteiger partial charge is 0.495 e. The average molecular weight is 242 g/mol. The van der Waals surface area contributed by atoms with Crippen LogP contribution in [0.5, 0.6) is 5.75 Å². The number of hydrogen-bond donors (Lipinski definition) is 1. The minimum atomic E-state index is 0.0135. The first-order chi connectivity index (χ1) is 7.40. The first kappa shape index (κ1) is 13.3. The molecule has 90 valence electrons. The number of rotatable bonds is 3. The Morgan fingerprint density at radius 2 is 1.94 bits per heavy atom. The van der Waals surface area contributed by atoms with Crippen LogP contribution in [0, 0.1) is 0 Å². The Kier molecular flexibility index (Phi) is 4.22. The van der Waals surface area contributed by atoms with Crippen LogP contribution < -0.4 is 10.5 Å². The van der Waals surface area contributed by atoms with Gasteiger partial charge in [-0.3, -0.25) is 0 Å². The van der Waals surface area contributed by atoms with Crippen molar-refractivity contribution >= 4 is 11.6 Å². The van der Waals surface area contributed by atoms with E-state index in [4.69, 9.17) is 22.1 Å². The van der Waals surface area contributed by atoms with Crippen LogP contribution in [0.25, 0.3) is 0 Å². The molecule has 3 heteroatoms. The Morgan fingerprint density at radius 3 is 2.38 bits per heavy atom. The van der Waals surface area contributed by atoms with Crippen molar-refractivity contribution in [3.63, 3.8) is 0 Å². The molecule has 0 unspecified atom stereocenters. The third-order valence-corrected chi connectivity index (χ3v) is 2.83. The summed E-state index contributed by atoms with van der Waals surface area (Å²) in [5, 5.41) is 0.665. The van der Waals surface area contributed by atoms with Gasteiger partial charge in [0.1, 0.15) is 5.75 Å². The van der Waals surface area contributed by atoms with E-state index in [0.717, 1.165) is 17.7 Å². The van der Waals surface area contributed by atoms with Crippen molar-refractivity contribution in [3.05, 3.63) is 28.3 Å². The zero-order valence-electron chi connectivity index (χ0n) is 10.4. The quantitative estimate of drug-likeness (QED) is 0.883. The van der Waals surface area contributed by atoms with Gasteiger partial charge < -0.3 is 10.5 Å². The summed E-state index contributed by atoms with van der Waals surface area (Å²) in [6.07, 6.45) is 0.840. The van der Waals surface area contributed by atoms with Crippen LogP contribution in [0.15, 0.2) is 12.1 Å². The second-order valence-electron chi connectivity index (χ2n) is 4.95. The second-order valence-corrected chi connectivity index (χ2v) is 5.35. The zero-order chi connectivity index (χ0) is 12.3. The van der Waals surface area contributed by atoms with E-state index in [-0.39, 0.29) is 5.41 Å². The monoisotopic (exact) mass is 241 g/mol. The van der Waals surface area contributed by atoms with Crippen molar-refractivity contribution in [2.24, 2.45) is 5.73 Å². The predicted molar refractivity (Wildman–Crippen MR) is 69.5 cm³/mol. The number of halogens is 1. The Balaban J connectivity index is 3.31. The fraction of sp³-hybridized carbons (Fsp3) is 0.538. The molecule has 0 aliphatic rings. The smallest absolute Gasteiger partial charge is 0.141 e. The molecule has 0 spiro atoms. The molecule has 0 aliphatic carbocycles. The minimum absolute atomic E-state index is 0.0135. The highest BCUT2D eigenvalue weighted by Gasteiger charge is 2.21. The molecule has 0 fully saturated rings. The maximum atomic E-state index is 6.21. The van der Waals surface area contributed by atoms with E-state index in [9.17, 15) is 0 Å². The topological polar surface area (TPSA) is 35.2 Å². The summed E-state index contributed by atoms with van der Waals surface area (Å²) in [5.74, 6) is 0.773. The van der Waals surface area contributed by atoms with E-state index in [1.165, 1.54) is 5.56 Å². The third-order valence-electron chi connectivity index (χ3n) is 2.55. The number of methoxy groups -OCH3 is 1. The van der Waals surface area contributed by atoms with Gasteiger partial charge >= 0.3 is 0 Å². The molecule has 2 N–H and O–H groups in total. The molecule has 0 radical (unpaired) electrons. The van der Waals surface area contributed by atoms with E-state index >= 15 is 0 Å². The van der Waals surface area contributed by atoms with E-state index in [1.807, 2.05) is 6.07 Å². The fourth-order valence-corrected chi connectivity index (χ4v) is 2.04. The van der Waals surface area contributed by atoms with Gasteiger partial charge in [-0.25, -0.2) is 0 Å². The maximum absolute atomic E-state index is 6.21. The summed E-state index contributed by atoms with van der Waals surface area (Å²) in [6.45, 7) is 7.07. The van der Waals surface area contributed by atoms with Gasteiger partial charge in [0, 0.05) is 5.56 Å². The van der Waals surface area contributed by atoms with Crippen molar-refractivity contribution in [2.75, 3.05) is 13.7 Å². The first-order valence-corrected chi connectivity index (χ1v) is 5.85. The van der Waals surface area contributed by atoms with Gasteiger partial charge in [0.2, 0.25) is 0 Å². The van der Waals surface area contributed by atoms with E-state index < -0.39 is 0 Å². The van der Waals surface area contributed by atoms with Crippen molar-refractivity contribution in [2.45, 2.75) is 32.6 Å². The fourth-order valence-electron chi connectivity index (χ4n) is 1.73. The average Bonchev–Trinajstić information content (AvgIpc) is 2.16. The Hall–Kier alpha value is -0.730. The SMILES string of the molecule is COc1c(Cl)cc(CCN)cc1C(C)(C)C. The summed E-state index contributed by atoms with van der Waals surface area (Å²) >= 11 is 6.21. The lowest BCUT2D eigenvalue weighted by atomic mass is 9.85. The van der Waals surface area contributed by atoms with Gasteiger partial charge in [-0.05, 0) is 30.0 Å². The molecule has 2 nitrogen and oxygen atoms in total. The molecular formula is C13H20ClNO. The van der Waals surface area contributed by atoms with Crippen LogP contribution in [0.4, 0.5) is 0 Å². The Bertz CT molecular complexity index is 369. The highest BCUT2D eigenvalue weighted by atomic mass is 35.5. The van der Waals surface area contributed by atoms with Gasteiger partial charge in [-0.2, -0.15) is 0 Å². The molecule has 0 bridgehead atoms. The van der Waals surface area contributed by atoms with Crippen molar-refractivity contribution in [1.82, 2.24) is 0 Å². The van der Waals surface area contributed by atoms with Crippen LogP contribution in [-0.2, 0) is 11.8 Å². The summed E-state index contributed by atoms with van der Waals surface area (Å²) in [7, 11) is 1.65. The van der Waals surface area contributed by atoms with Gasteiger partial charge in [-0.1, -0.05) is 38.4 Å². The van der Waals surface area contributed by atoms with E-state index in [1.54, 1.807) is 7.11 Å². The van der Waals surface area contributed by atoms with Gasteiger partial charge in [0.15, 0.2) is 0 Å². The highest BCUT2D eigenvalue weighted by Crippen LogP contribution is 2.37. The molecule has 16 heavy (non-hydrogen) atoms. The third kappa shape index (κ3) is 2.89. The standard InChI is InChI=1S/C13H20ClNO/c1-13(2,3)10-7-9(5-6-15)8-11(14)12(10)16-4/h7-8H,5-6,15H2,1-4H3. The summed E-state index contributed by atoms with van der Waals surface area (Å²) in [4.78, 5) is 0. The van der Waals surface area contributed by atoms with Crippen LogP contribution >= 0.6 is 11.6 Å². The molecule has 0 atom stereocenters. The van der Waals surface area contributed by atoms with Crippen LogP contribution in [0.1, 0.15) is 31.9 Å². The number of ether oxygens (including phenoxy) is 1. The van der Waals surface area contributed by atoms with Crippen LogP contribution in [-0.4, -0.2) is 13.7 Å². The van der Waals surface area contributed by atoms with Gasteiger partial charge in [-0.15, -0.1) is 0 Å². The summed E-state index contributed by atoms with van der Waals surface area (Å²) in [6, 6.07) is 4.07. The Labute approximate surface area is 103 Å². The lowest BCUT2D eigenvalue weighted by Crippen LogP contribution is -2.14.